The quantitative estimate of drug-likeness (QED) is 0.0998. The first-order valence-corrected chi connectivity index (χ1v) is 26.6. The number of pyridine rings is 1. The highest BCUT2D eigenvalue weighted by Gasteiger charge is 2.64. The van der Waals surface area contributed by atoms with E-state index in [2.05, 4.69) is 79.3 Å². The van der Waals surface area contributed by atoms with E-state index in [9.17, 15) is 29.5 Å². The van der Waals surface area contributed by atoms with E-state index < -0.39 is 23.6 Å². The lowest BCUT2D eigenvalue weighted by atomic mass is 9.49. The topological polar surface area (TPSA) is 215 Å². The molecule has 4 aromatic rings. The zero-order chi connectivity index (χ0) is 54.0. The number of β-amino-alcohol motifs (C(OH)–C–C–N with tert-alkyl or cyclic N) is 1. The smallest absolute Gasteiger partial charge is 0.253 e. The van der Waals surface area contributed by atoms with Gasteiger partial charge in [0.25, 0.3) is 5.91 Å². The van der Waals surface area contributed by atoms with Gasteiger partial charge in [0.05, 0.1) is 46.9 Å². The van der Waals surface area contributed by atoms with Gasteiger partial charge in [0.15, 0.2) is 0 Å². The maximum atomic E-state index is 14.3. The Morgan fingerprint density at radius 1 is 0.893 bits per heavy atom. The first-order valence-electron chi connectivity index (χ1n) is 26.3. The molecular formula is C56H75ClN12O6. The van der Waals surface area contributed by atoms with E-state index in [0.717, 1.165) is 93.8 Å². The number of anilines is 1. The van der Waals surface area contributed by atoms with Gasteiger partial charge in [0.1, 0.15) is 35.8 Å². The van der Waals surface area contributed by atoms with Crippen LogP contribution in [0.5, 0.6) is 5.75 Å². The number of nitriles is 1. The number of imidazole rings is 1. The summed E-state index contributed by atoms with van der Waals surface area (Å²) in [5.41, 5.74) is 3.15. The Balaban J connectivity index is 0.743. The fourth-order valence-corrected chi connectivity index (χ4v) is 11.9. The largest absolute Gasteiger partial charge is 0.489 e. The second-order valence-electron chi connectivity index (χ2n) is 23.1. The second-order valence-corrected chi connectivity index (χ2v) is 23.6. The van der Waals surface area contributed by atoms with E-state index in [4.69, 9.17) is 21.3 Å². The number of aromatic nitrogens is 3. The Morgan fingerprint density at radius 2 is 1.53 bits per heavy atom. The van der Waals surface area contributed by atoms with Crippen LogP contribution in [0.25, 0.3) is 11.3 Å². The van der Waals surface area contributed by atoms with Crippen LogP contribution in [0, 0.1) is 34.5 Å². The summed E-state index contributed by atoms with van der Waals surface area (Å²) in [5.74, 6) is 0.264. The van der Waals surface area contributed by atoms with Crippen molar-refractivity contribution in [3.05, 3.63) is 94.5 Å². The molecule has 4 atom stereocenters. The predicted molar refractivity (Wildman–Crippen MR) is 288 cm³/mol. The van der Waals surface area contributed by atoms with Crippen molar-refractivity contribution in [3.8, 4) is 23.1 Å². The van der Waals surface area contributed by atoms with Gasteiger partial charge in [-0.3, -0.25) is 33.9 Å². The summed E-state index contributed by atoms with van der Waals surface area (Å²) in [6, 6.07) is 16.4. The third-order valence-corrected chi connectivity index (χ3v) is 16.2. The fourth-order valence-electron chi connectivity index (χ4n) is 11.7. The molecule has 5 N–H and O–H groups in total. The standard InChI is InChI=1S/C56H75ClN12O6/c1-35(37-10-12-38(13-11-37)47-36(2)60-34-61-47)62-50(73)44-28-41(70)32-69(44)51(74)48(54(3,4)5)63-46(71)33-67-22-20-65(21-23-67)18-19-66-24-26-68(27-25-66)45-17-15-40(31-59-45)49(72)64-52-55(6,7)53(56(52,8)9)75-42-16-14-39(30-58)43(57)29-42/h10-17,29,31,34-35,41,44,48,52-53,70H,18-28,32-33H2,1-9H3,(H,60,61)(H,62,73)(H,63,71)(H,64,72)/t35-,41+,44-,48?,52?,53?/m0/s1. The summed E-state index contributed by atoms with van der Waals surface area (Å²) in [4.78, 5) is 78.1. The summed E-state index contributed by atoms with van der Waals surface area (Å²) in [7, 11) is 0. The van der Waals surface area contributed by atoms with Gasteiger partial charge in [0.2, 0.25) is 17.7 Å². The van der Waals surface area contributed by atoms with E-state index in [0.29, 0.717) is 21.9 Å². The van der Waals surface area contributed by atoms with Crippen molar-refractivity contribution < 1.29 is 29.0 Å². The van der Waals surface area contributed by atoms with Gasteiger partial charge < -0.3 is 40.6 Å². The van der Waals surface area contributed by atoms with Crippen molar-refractivity contribution in [1.29, 1.82) is 5.26 Å². The zero-order valence-corrected chi connectivity index (χ0v) is 45.7. The molecule has 75 heavy (non-hydrogen) atoms. The second kappa shape index (κ2) is 22.6. The van der Waals surface area contributed by atoms with Crippen molar-refractivity contribution in [3.63, 3.8) is 0 Å². The summed E-state index contributed by atoms with van der Waals surface area (Å²) < 4.78 is 6.39. The Kier molecular flexibility index (Phi) is 16.6. The summed E-state index contributed by atoms with van der Waals surface area (Å²) in [6.07, 6.45) is 2.36. The van der Waals surface area contributed by atoms with Crippen molar-refractivity contribution in [2.24, 2.45) is 16.2 Å². The molecule has 19 heteroatoms. The van der Waals surface area contributed by atoms with Crippen LogP contribution in [0.2, 0.25) is 5.02 Å². The first kappa shape index (κ1) is 55.1. The lowest BCUT2D eigenvalue weighted by Crippen LogP contribution is -2.74. The summed E-state index contributed by atoms with van der Waals surface area (Å²) >= 11 is 6.27. The molecule has 0 bridgehead atoms. The maximum absolute atomic E-state index is 14.3. The highest BCUT2D eigenvalue weighted by atomic mass is 35.5. The Labute approximate surface area is 446 Å². The number of likely N-dealkylation sites (tertiary alicyclic amines) is 1. The van der Waals surface area contributed by atoms with Gasteiger partial charge in [-0.15, -0.1) is 0 Å². The number of amides is 4. The number of aryl methyl sites for hydroxylation is 1. The van der Waals surface area contributed by atoms with Crippen LogP contribution in [0.3, 0.4) is 0 Å². The average Bonchev–Trinajstić information content (AvgIpc) is 4.00. The molecule has 2 aromatic heterocycles. The number of hydrogen-bond donors (Lipinski definition) is 5. The van der Waals surface area contributed by atoms with Crippen LogP contribution < -0.4 is 25.6 Å². The Hall–Kier alpha value is -6.10. The van der Waals surface area contributed by atoms with Crippen molar-refractivity contribution in [2.75, 3.05) is 83.4 Å². The molecule has 2 aromatic carbocycles. The highest BCUT2D eigenvalue weighted by Crippen LogP contribution is 2.55. The number of carbonyl (C=O) groups excluding carboxylic acids is 4. The van der Waals surface area contributed by atoms with Crippen LogP contribution in [0.15, 0.2) is 67.1 Å². The highest BCUT2D eigenvalue weighted by molar-refractivity contribution is 6.31. The van der Waals surface area contributed by atoms with E-state index in [1.807, 2.05) is 71.0 Å². The van der Waals surface area contributed by atoms with E-state index in [-0.39, 0.29) is 72.2 Å². The molecule has 402 valence electrons. The minimum atomic E-state index is -0.901. The predicted octanol–water partition coefficient (Wildman–Crippen LogP) is 5.03. The van der Waals surface area contributed by atoms with E-state index >= 15 is 0 Å². The van der Waals surface area contributed by atoms with Crippen LogP contribution in [0.1, 0.15) is 95.0 Å². The van der Waals surface area contributed by atoms with Gasteiger partial charge in [0, 0.05) is 119 Å². The molecule has 4 fully saturated rings. The van der Waals surface area contributed by atoms with E-state index in [1.165, 1.54) is 4.90 Å². The van der Waals surface area contributed by atoms with Gasteiger partial charge in [-0.25, -0.2) is 9.97 Å². The lowest BCUT2D eigenvalue weighted by molar-refractivity contribution is -0.164. The van der Waals surface area contributed by atoms with Crippen molar-refractivity contribution in [1.82, 2.24) is 50.5 Å². The number of carbonyl (C=O) groups is 4. The first-order chi connectivity index (χ1) is 35.5. The third kappa shape index (κ3) is 12.4. The number of nitrogens with one attached hydrogen (secondary N) is 4. The average molecular weight is 1050 g/mol. The molecule has 4 amide bonds. The fraction of sp³-hybridized carbons (Fsp3) is 0.554. The molecule has 1 unspecified atom stereocenters. The van der Waals surface area contributed by atoms with Gasteiger partial charge in [-0.05, 0) is 49.1 Å². The molecule has 1 aliphatic carbocycles. The summed E-state index contributed by atoms with van der Waals surface area (Å²) in [5, 5.41) is 29.7. The normalized spacial score (nSPS) is 22.9. The summed E-state index contributed by atoms with van der Waals surface area (Å²) in [6.45, 7) is 26.4. The number of benzene rings is 2. The van der Waals surface area contributed by atoms with Gasteiger partial charge in [-0.1, -0.05) is 84.3 Å². The zero-order valence-electron chi connectivity index (χ0n) is 45.0. The Bertz CT molecular complexity index is 2700. The number of aliphatic hydroxyl groups excluding tert-OH is 1. The molecule has 0 spiro atoms. The minimum absolute atomic E-state index is 0.00868. The molecule has 1 saturated carbocycles. The van der Waals surface area contributed by atoms with Crippen LogP contribution in [0.4, 0.5) is 5.82 Å². The molecular weight excluding hydrogens is 972 g/mol. The number of piperazine rings is 2. The molecule has 4 aliphatic rings. The van der Waals surface area contributed by atoms with Crippen molar-refractivity contribution >= 4 is 41.0 Å². The molecule has 18 nitrogen and oxygen atoms in total. The molecule has 8 rings (SSSR count). The van der Waals surface area contributed by atoms with Crippen molar-refractivity contribution in [2.45, 2.75) is 105 Å². The monoisotopic (exact) mass is 1050 g/mol. The number of ether oxygens (including phenoxy) is 1. The lowest BCUT2D eigenvalue weighted by Gasteiger charge is -2.63. The number of halogens is 1. The molecule has 0 radical (unpaired) electrons. The van der Waals surface area contributed by atoms with Gasteiger partial charge in [-0.2, -0.15) is 5.26 Å². The SMILES string of the molecule is Cc1[nH]cnc1-c1ccc([C@H](C)NC(=O)[C@@H]2C[C@@H](O)CN2C(=O)C(NC(=O)CN2CCN(CCN3CCN(c4ccc(C(=O)NC5C(C)(C)C(Oc6ccc(C#N)c(Cl)c6)C5(C)C)cn4)CC3)CC2)C(C)(C)C)cc1. The number of aliphatic hydroxyl groups is 1. The number of rotatable bonds is 16. The minimum Gasteiger partial charge on any atom is -0.489 e. The molecule has 3 aliphatic heterocycles. The number of aromatic amines is 1. The third-order valence-electron chi connectivity index (χ3n) is 15.9. The maximum Gasteiger partial charge on any atom is 0.253 e. The number of nitrogens with zero attached hydrogens (tertiary/aromatic N) is 8. The molecule has 5 heterocycles. The van der Waals surface area contributed by atoms with Crippen LogP contribution in [-0.2, 0) is 14.4 Å². The Morgan fingerprint density at radius 3 is 2.11 bits per heavy atom. The number of H-pyrrole nitrogens is 1. The van der Waals surface area contributed by atoms with E-state index in [1.54, 1.807) is 30.7 Å². The van der Waals surface area contributed by atoms with Crippen LogP contribution in [-0.4, -0.2) is 172 Å². The molecule has 3 saturated heterocycles. The van der Waals surface area contributed by atoms with Gasteiger partial charge >= 0.3 is 0 Å². The number of hydrogen-bond acceptors (Lipinski definition) is 13. The van der Waals surface area contributed by atoms with Crippen LogP contribution >= 0.6 is 11.6 Å².